The minimum absolute atomic E-state index is 0.569. The molecule has 2 heterocycles. The number of aromatic nitrogens is 3. The number of aryl methyl sites for hydroxylation is 1. The lowest BCUT2D eigenvalue weighted by molar-refractivity contribution is 1.09. The average molecular weight is 287 g/mol. The molecule has 0 fully saturated rings. The SMILES string of the molecule is Cc1cc(Nc2cccc(C#N)c2)nc(-c2ccccn2)n1. The Morgan fingerprint density at radius 3 is 2.73 bits per heavy atom. The highest BCUT2D eigenvalue weighted by atomic mass is 15.0. The summed E-state index contributed by atoms with van der Waals surface area (Å²) in [5.74, 6) is 1.24. The molecular formula is C17H13N5. The Kier molecular flexibility index (Phi) is 3.75. The van der Waals surface area contributed by atoms with Crippen LogP contribution in [-0.2, 0) is 0 Å². The van der Waals surface area contributed by atoms with Crippen molar-refractivity contribution in [3.8, 4) is 17.6 Å². The summed E-state index contributed by atoms with van der Waals surface area (Å²) in [5.41, 5.74) is 2.97. The zero-order valence-corrected chi connectivity index (χ0v) is 12.0. The maximum Gasteiger partial charge on any atom is 0.180 e. The summed E-state index contributed by atoms with van der Waals surface area (Å²) in [4.78, 5) is 13.2. The molecule has 1 aromatic carbocycles. The summed E-state index contributed by atoms with van der Waals surface area (Å²) in [6.07, 6.45) is 1.71. The van der Waals surface area contributed by atoms with Crippen molar-refractivity contribution in [2.24, 2.45) is 0 Å². The summed E-state index contributed by atoms with van der Waals surface area (Å²) >= 11 is 0. The number of nitrogens with zero attached hydrogens (tertiary/aromatic N) is 4. The van der Waals surface area contributed by atoms with Gasteiger partial charge in [-0.3, -0.25) is 4.98 Å². The molecule has 0 aliphatic carbocycles. The fraction of sp³-hybridized carbons (Fsp3) is 0.0588. The minimum Gasteiger partial charge on any atom is -0.340 e. The molecule has 0 amide bonds. The van der Waals surface area contributed by atoms with Gasteiger partial charge in [-0.1, -0.05) is 12.1 Å². The van der Waals surface area contributed by atoms with Crippen molar-refractivity contribution in [2.45, 2.75) is 6.92 Å². The fourth-order valence-electron chi connectivity index (χ4n) is 2.06. The molecule has 0 saturated heterocycles. The van der Waals surface area contributed by atoms with Gasteiger partial charge in [0.2, 0.25) is 0 Å². The van der Waals surface area contributed by atoms with E-state index in [-0.39, 0.29) is 0 Å². The second kappa shape index (κ2) is 6.02. The van der Waals surface area contributed by atoms with Crippen molar-refractivity contribution >= 4 is 11.5 Å². The molecule has 0 atom stereocenters. The third-order valence-electron chi connectivity index (χ3n) is 3.01. The highest BCUT2D eigenvalue weighted by Crippen LogP contribution is 2.19. The first-order valence-corrected chi connectivity index (χ1v) is 6.79. The van der Waals surface area contributed by atoms with Gasteiger partial charge >= 0.3 is 0 Å². The summed E-state index contributed by atoms with van der Waals surface area (Å²) in [6, 6.07) is 16.8. The number of hydrogen-bond donors (Lipinski definition) is 1. The molecule has 0 spiro atoms. The predicted molar refractivity (Wildman–Crippen MR) is 84.4 cm³/mol. The Labute approximate surface area is 128 Å². The molecule has 5 nitrogen and oxygen atoms in total. The van der Waals surface area contributed by atoms with Crippen molar-refractivity contribution in [3.63, 3.8) is 0 Å². The molecule has 0 saturated carbocycles. The summed E-state index contributed by atoms with van der Waals surface area (Å²) in [6.45, 7) is 1.91. The molecule has 1 N–H and O–H groups in total. The topological polar surface area (TPSA) is 74.5 Å². The molecule has 2 aromatic heterocycles. The summed E-state index contributed by atoms with van der Waals surface area (Å²) < 4.78 is 0. The minimum atomic E-state index is 0.569. The monoisotopic (exact) mass is 287 g/mol. The number of benzene rings is 1. The second-order valence-electron chi connectivity index (χ2n) is 4.75. The van der Waals surface area contributed by atoms with E-state index in [1.807, 2.05) is 43.3 Å². The Balaban J connectivity index is 1.94. The van der Waals surface area contributed by atoms with Crippen LogP contribution in [0.4, 0.5) is 11.5 Å². The lowest BCUT2D eigenvalue weighted by Crippen LogP contribution is -2.00. The van der Waals surface area contributed by atoms with Gasteiger partial charge < -0.3 is 5.32 Å². The zero-order chi connectivity index (χ0) is 15.4. The van der Waals surface area contributed by atoms with Crippen LogP contribution in [0.5, 0.6) is 0 Å². The first kappa shape index (κ1) is 13.7. The maximum absolute atomic E-state index is 8.95. The van der Waals surface area contributed by atoms with Gasteiger partial charge in [0.1, 0.15) is 11.5 Å². The van der Waals surface area contributed by atoms with E-state index in [1.165, 1.54) is 0 Å². The van der Waals surface area contributed by atoms with Crippen LogP contribution >= 0.6 is 0 Å². The van der Waals surface area contributed by atoms with E-state index in [9.17, 15) is 0 Å². The van der Waals surface area contributed by atoms with Crippen LogP contribution < -0.4 is 5.32 Å². The van der Waals surface area contributed by atoms with E-state index in [2.05, 4.69) is 26.3 Å². The Morgan fingerprint density at radius 2 is 1.95 bits per heavy atom. The molecule has 3 rings (SSSR count). The van der Waals surface area contributed by atoms with E-state index >= 15 is 0 Å². The van der Waals surface area contributed by atoms with Crippen LogP contribution in [0.2, 0.25) is 0 Å². The number of pyridine rings is 1. The predicted octanol–water partition coefficient (Wildman–Crippen LogP) is 3.46. The van der Waals surface area contributed by atoms with Crippen molar-refractivity contribution in [2.75, 3.05) is 5.32 Å². The Bertz CT molecular complexity index is 837. The average Bonchev–Trinajstić information content (AvgIpc) is 2.55. The van der Waals surface area contributed by atoms with Gasteiger partial charge in [0.15, 0.2) is 5.82 Å². The maximum atomic E-state index is 8.95. The molecule has 0 aliphatic heterocycles. The fourth-order valence-corrected chi connectivity index (χ4v) is 2.06. The molecule has 3 aromatic rings. The van der Waals surface area contributed by atoms with Gasteiger partial charge in [0.25, 0.3) is 0 Å². The van der Waals surface area contributed by atoms with E-state index in [4.69, 9.17) is 5.26 Å². The van der Waals surface area contributed by atoms with E-state index in [1.54, 1.807) is 18.3 Å². The molecule has 0 aliphatic rings. The third kappa shape index (κ3) is 3.07. The van der Waals surface area contributed by atoms with E-state index in [0.29, 0.717) is 17.2 Å². The van der Waals surface area contributed by atoms with Crippen molar-refractivity contribution in [1.82, 2.24) is 15.0 Å². The normalized spacial score (nSPS) is 10.0. The number of nitrogens with one attached hydrogen (secondary N) is 1. The Morgan fingerprint density at radius 1 is 1.05 bits per heavy atom. The van der Waals surface area contributed by atoms with Crippen molar-refractivity contribution in [3.05, 3.63) is 66.0 Å². The van der Waals surface area contributed by atoms with Gasteiger partial charge in [-0.25, -0.2) is 9.97 Å². The first-order chi connectivity index (χ1) is 10.7. The first-order valence-electron chi connectivity index (χ1n) is 6.79. The standard InChI is InChI=1S/C17H13N5/c1-12-9-16(21-14-6-4-5-13(10-14)11-18)22-17(20-12)15-7-2-3-8-19-15/h2-10H,1H3,(H,20,21,22). The summed E-state index contributed by atoms with van der Waals surface area (Å²) in [5, 5.41) is 12.2. The third-order valence-corrected chi connectivity index (χ3v) is 3.01. The number of nitriles is 1. The van der Waals surface area contributed by atoms with Gasteiger partial charge in [-0.15, -0.1) is 0 Å². The second-order valence-corrected chi connectivity index (χ2v) is 4.75. The molecular weight excluding hydrogens is 274 g/mol. The van der Waals surface area contributed by atoms with Crippen LogP contribution in [0, 0.1) is 18.3 Å². The molecule has 5 heteroatoms. The molecule has 0 unspecified atom stereocenters. The smallest absolute Gasteiger partial charge is 0.180 e. The van der Waals surface area contributed by atoms with Gasteiger partial charge in [-0.05, 0) is 37.3 Å². The number of anilines is 2. The lowest BCUT2D eigenvalue weighted by atomic mass is 10.2. The number of rotatable bonds is 3. The quantitative estimate of drug-likeness (QED) is 0.798. The lowest BCUT2D eigenvalue weighted by Gasteiger charge is -2.08. The van der Waals surface area contributed by atoms with Gasteiger partial charge in [0, 0.05) is 23.6 Å². The van der Waals surface area contributed by atoms with Crippen molar-refractivity contribution in [1.29, 1.82) is 5.26 Å². The summed E-state index contributed by atoms with van der Waals surface area (Å²) in [7, 11) is 0. The van der Waals surface area contributed by atoms with Crippen LogP contribution in [0.1, 0.15) is 11.3 Å². The van der Waals surface area contributed by atoms with Gasteiger partial charge in [-0.2, -0.15) is 5.26 Å². The molecule has 22 heavy (non-hydrogen) atoms. The van der Waals surface area contributed by atoms with E-state index < -0.39 is 0 Å². The van der Waals surface area contributed by atoms with Crippen LogP contribution in [0.25, 0.3) is 11.5 Å². The van der Waals surface area contributed by atoms with Crippen LogP contribution in [0.3, 0.4) is 0 Å². The molecule has 0 bridgehead atoms. The largest absolute Gasteiger partial charge is 0.340 e. The van der Waals surface area contributed by atoms with E-state index in [0.717, 1.165) is 17.1 Å². The van der Waals surface area contributed by atoms with Crippen molar-refractivity contribution < 1.29 is 0 Å². The van der Waals surface area contributed by atoms with Gasteiger partial charge in [0.05, 0.1) is 11.6 Å². The zero-order valence-electron chi connectivity index (χ0n) is 12.0. The Hall–Kier alpha value is -3.26. The highest BCUT2D eigenvalue weighted by molar-refractivity contribution is 5.61. The highest BCUT2D eigenvalue weighted by Gasteiger charge is 2.06. The van der Waals surface area contributed by atoms with Crippen LogP contribution in [-0.4, -0.2) is 15.0 Å². The van der Waals surface area contributed by atoms with Crippen LogP contribution in [0.15, 0.2) is 54.7 Å². The molecule has 0 radical (unpaired) electrons. The molecule has 106 valence electrons. The number of hydrogen-bond acceptors (Lipinski definition) is 5.